The molecule has 0 atom stereocenters. The van der Waals surface area contributed by atoms with Crippen LogP contribution in [0.5, 0.6) is 0 Å². The molecule has 0 amide bonds. The minimum atomic E-state index is 0.378. The molecule has 11 heavy (non-hydrogen) atoms. The Balaban J connectivity index is 2.49. The van der Waals surface area contributed by atoms with Crippen LogP contribution in [-0.2, 0) is 4.79 Å². The van der Waals surface area contributed by atoms with Crippen molar-refractivity contribution in [1.82, 2.24) is 0 Å². The fourth-order valence-electron chi connectivity index (χ4n) is 2.46. The van der Waals surface area contributed by atoms with Gasteiger partial charge in [0, 0.05) is 5.92 Å². The summed E-state index contributed by atoms with van der Waals surface area (Å²) in [4.78, 5) is 11.5. The Morgan fingerprint density at radius 3 is 2.36 bits per heavy atom. The lowest BCUT2D eigenvalue weighted by molar-refractivity contribution is -0.127. The van der Waals surface area contributed by atoms with Crippen LogP contribution >= 0.6 is 0 Å². The van der Waals surface area contributed by atoms with Crippen LogP contribution in [0.3, 0.4) is 0 Å². The molecule has 3 rings (SSSR count). The molecule has 0 aromatic heterocycles. The van der Waals surface area contributed by atoms with Gasteiger partial charge in [0.1, 0.15) is 0 Å². The van der Waals surface area contributed by atoms with Crippen LogP contribution in [0, 0.1) is 11.3 Å². The van der Waals surface area contributed by atoms with E-state index in [9.17, 15) is 4.79 Å². The molecule has 0 saturated heterocycles. The minimum absolute atomic E-state index is 0.378. The first kappa shape index (κ1) is 7.08. The van der Waals surface area contributed by atoms with Crippen molar-refractivity contribution >= 4 is 5.78 Å². The molecule has 60 valence electrons. The van der Waals surface area contributed by atoms with Crippen LogP contribution in [0.4, 0.5) is 0 Å². The molecule has 0 aliphatic heterocycles. The highest BCUT2D eigenvalue weighted by molar-refractivity contribution is 6.00. The quantitative estimate of drug-likeness (QED) is 0.518. The third kappa shape index (κ3) is 0.688. The summed E-state index contributed by atoms with van der Waals surface area (Å²) in [6.45, 7) is 6.36. The predicted molar refractivity (Wildman–Crippen MR) is 44.2 cm³/mol. The summed E-state index contributed by atoms with van der Waals surface area (Å²) >= 11 is 0. The number of rotatable bonds is 0. The monoisotopic (exact) mass is 150 g/mol. The Morgan fingerprint density at radius 1 is 1.36 bits per heavy atom. The maximum atomic E-state index is 11.5. The van der Waals surface area contributed by atoms with Crippen LogP contribution in [0.15, 0.2) is 11.1 Å². The molecule has 0 N–H and O–H groups in total. The fraction of sp³-hybridized carbons (Fsp3) is 0.700. The second-order valence-electron chi connectivity index (χ2n) is 4.28. The highest BCUT2D eigenvalue weighted by Gasteiger charge is 2.49. The first-order valence-electron chi connectivity index (χ1n) is 4.27. The second-order valence-corrected chi connectivity index (χ2v) is 4.28. The zero-order valence-corrected chi connectivity index (χ0v) is 7.40. The van der Waals surface area contributed by atoms with Gasteiger partial charge in [0.15, 0.2) is 5.78 Å². The largest absolute Gasteiger partial charge is 0.294 e. The summed E-state index contributed by atoms with van der Waals surface area (Å²) in [5.41, 5.74) is 2.77. The SMILES string of the molecule is CC1=C(C)C2(C)CC(C2)C1=O. The maximum absolute atomic E-state index is 11.5. The molecule has 0 aromatic rings. The summed E-state index contributed by atoms with van der Waals surface area (Å²) in [7, 11) is 0. The van der Waals surface area contributed by atoms with E-state index in [0.717, 1.165) is 18.4 Å². The number of ketones is 1. The Labute approximate surface area is 67.5 Å². The zero-order valence-electron chi connectivity index (χ0n) is 7.40. The number of hydrogen-bond acceptors (Lipinski definition) is 1. The third-order valence-electron chi connectivity index (χ3n) is 3.60. The highest BCUT2D eigenvalue weighted by atomic mass is 16.1. The first-order valence-corrected chi connectivity index (χ1v) is 4.27. The number of allylic oxidation sites excluding steroid dienone is 2. The molecule has 0 heterocycles. The lowest BCUT2D eigenvalue weighted by Gasteiger charge is -2.50. The summed E-state index contributed by atoms with van der Waals surface area (Å²) in [6, 6.07) is 0. The van der Waals surface area contributed by atoms with E-state index in [4.69, 9.17) is 0 Å². The first-order chi connectivity index (χ1) is 5.04. The van der Waals surface area contributed by atoms with E-state index >= 15 is 0 Å². The number of Topliss-reactive ketones (excluding diaryl/α,β-unsaturated/α-hetero) is 1. The van der Waals surface area contributed by atoms with Crippen molar-refractivity contribution in [1.29, 1.82) is 0 Å². The molecule has 0 radical (unpaired) electrons. The van der Waals surface area contributed by atoms with Crippen molar-refractivity contribution in [2.75, 3.05) is 0 Å². The molecule has 1 heteroatoms. The number of carbonyl (C=O) groups excluding carboxylic acids is 1. The lowest BCUT2D eigenvalue weighted by Crippen LogP contribution is -2.45. The molecule has 0 aromatic carbocycles. The van der Waals surface area contributed by atoms with Crippen molar-refractivity contribution in [3.05, 3.63) is 11.1 Å². The maximum Gasteiger partial charge on any atom is 0.161 e. The van der Waals surface area contributed by atoms with Crippen molar-refractivity contribution in [3.63, 3.8) is 0 Å². The van der Waals surface area contributed by atoms with Crippen LogP contribution in [0.1, 0.15) is 33.6 Å². The van der Waals surface area contributed by atoms with E-state index < -0.39 is 0 Å². The van der Waals surface area contributed by atoms with Gasteiger partial charge in [0.25, 0.3) is 0 Å². The van der Waals surface area contributed by atoms with Crippen molar-refractivity contribution in [2.45, 2.75) is 33.6 Å². The Morgan fingerprint density at radius 2 is 1.91 bits per heavy atom. The van der Waals surface area contributed by atoms with E-state index in [1.165, 1.54) is 5.57 Å². The van der Waals surface area contributed by atoms with Crippen LogP contribution in [-0.4, -0.2) is 5.78 Å². The molecule has 1 nitrogen and oxygen atoms in total. The van der Waals surface area contributed by atoms with E-state index in [1.54, 1.807) is 0 Å². The van der Waals surface area contributed by atoms with Crippen molar-refractivity contribution < 1.29 is 4.79 Å². The molecule has 2 bridgehead atoms. The summed E-state index contributed by atoms with van der Waals surface area (Å²) in [5, 5.41) is 0. The average Bonchev–Trinajstić information content (AvgIpc) is 1.91. The van der Waals surface area contributed by atoms with Gasteiger partial charge in [0.05, 0.1) is 0 Å². The summed E-state index contributed by atoms with van der Waals surface area (Å²) < 4.78 is 0. The van der Waals surface area contributed by atoms with Gasteiger partial charge in [0.2, 0.25) is 0 Å². The van der Waals surface area contributed by atoms with Crippen molar-refractivity contribution in [3.8, 4) is 0 Å². The Kier molecular flexibility index (Phi) is 1.14. The van der Waals surface area contributed by atoms with Crippen molar-refractivity contribution in [2.24, 2.45) is 11.3 Å². The van der Waals surface area contributed by atoms with Crippen LogP contribution < -0.4 is 0 Å². The van der Waals surface area contributed by atoms with E-state index in [0.29, 0.717) is 17.1 Å². The standard InChI is InChI=1S/C10H14O/c1-6-7(2)10(3)4-8(5-10)9(6)11/h8H,4-5H2,1-3H3. The normalized spacial score (nSPS) is 42.5. The molecule has 1 saturated carbocycles. The molecular weight excluding hydrogens is 136 g/mol. The topological polar surface area (TPSA) is 17.1 Å². The molecule has 0 unspecified atom stereocenters. The van der Waals surface area contributed by atoms with E-state index in [-0.39, 0.29) is 0 Å². The van der Waals surface area contributed by atoms with Gasteiger partial charge >= 0.3 is 0 Å². The highest BCUT2D eigenvalue weighted by Crippen LogP contribution is 2.56. The Bertz CT molecular complexity index is 254. The second kappa shape index (κ2) is 1.77. The van der Waals surface area contributed by atoms with Gasteiger partial charge in [-0.15, -0.1) is 0 Å². The smallest absolute Gasteiger partial charge is 0.161 e. The van der Waals surface area contributed by atoms with Crippen LogP contribution in [0.25, 0.3) is 0 Å². The lowest BCUT2D eigenvalue weighted by atomic mass is 9.53. The van der Waals surface area contributed by atoms with E-state index in [2.05, 4.69) is 13.8 Å². The summed E-state index contributed by atoms with van der Waals surface area (Å²) in [6.07, 6.45) is 2.21. The average molecular weight is 150 g/mol. The van der Waals surface area contributed by atoms with Gasteiger partial charge in [-0.2, -0.15) is 0 Å². The molecule has 0 spiro atoms. The molecule has 1 fully saturated rings. The van der Waals surface area contributed by atoms with Gasteiger partial charge < -0.3 is 0 Å². The van der Waals surface area contributed by atoms with Crippen LogP contribution in [0.2, 0.25) is 0 Å². The minimum Gasteiger partial charge on any atom is -0.294 e. The molecule has 3 aliphatic rings. The Hall–Kier alpha value is -0.590. The molecular formula is C10H14O. The molecule has 3 aliphatic carbocycles. The zero-order chi connectivity index (χ0) is 8.22. The number of fused-ring (bicyclic) bond motifs is 1. The van der Waals surface area contributed by atoms with E-state index in [1.807, 2.05) is 6.92 Å². The predicted octanol–water partition coefficient (Wildman–Crippen LogP) is 2.32. The van der Waals surface area contributed by atoms with Gasteiger partial charge in [-0.05, 0) is 37.7 Å². The van der Waals surface area contributed by atoms with Gasteiger partial charge in [-0.1, -0.05) is 12.5 Å². The third-order valence-corrected chi connectivity index (χ3v) is 3.60. The number of carbonyl (C=O) groups is 1. The van der Waals surface area contributed by atoms with Gasteiger partial charge in [-0.25, -0.2) is 0 Å². The van der Waals surface area contributed by atoms with Gasteiger partial charge in [-0.3, -0.25) is 4.79 Å². The summed E-state index contributed by atoms with van der Waals surface area (Å²) in [5.74, 6) is 0.787. The number of hydrogen-bond donors (Lipinski definition) is 0. The fourth-order valence-corrected chi connectivity index (χ4v) is 2.46.